The van der Waals surface area contributed by atoms with E-state index in [4.69, 9.17) is 4.74 Å². The summed E-state index contributed by atoms with van der Waals surface area (Å²) in [5, 5.41) is 9.18. The fourth-order valence-electron chi connectivity index (χ4n) is 2.99. The molecule has 0 radical (unpaired) electrons. The fraction of sp³-hybridized carbons (Fsp3) is 0.333. The molecule has 0 atom stereocenters. The number of fused-ring (bicyclic) bond motifs is 1. The van der Waals surface area contributed by atoms with Gasteiger partial charge in [0.05, 0.1) is 17.8 Å². The molecular weight excluding hydrogens is 330 g/mol. The highest BCUT2D eigenvalue weighted by atomic mass is 16.5. The van der Waals surface area contributed by atoms with Crippen LogP contribution in [0.25, 0.3) is 0 Å². The molecule has 5 nitrogen and oxygen atoms in total. The molecule has 136 valence electrons. The van der Waals surface area contributed by atoms with Crippen LogP contribution in [0.3, 0.4) is 0 Å². The van der Waals surface area contributed by atoms with Crippen molar-refractivity contribution in [2.24, 2.45) is 0 Å². The van der Waals surface area contributed by atoms with Gasteiger partial charge in [-0.05, 0) is 47.2 Å². The summed E-state index contributed by atoms with van der Waals surface area (Å²) in [7, 11) is 0. The largest absolute Gasteiger partial charge is 0.482 e. The molecule has 0 aliphatic carbocycles. The van der Waals surface area contributed by atoms with Crippen molar-refractivity contribution in [1.29, 1.82) is 0 Å². The van der Waals surface area contributed by atoms with Crippen LogP contribution in [0.15, 0.2) is 42.5 Å². The van der Waals surface area contributed by atoms with Crippen LogP contribution in [-0.4, -0.2) is 23.6 Å². The van der Waals surface area contributed by atoms with E-state index in [9.17, 15) is 14.7 Å². The van der Waals surface area contributed by atoms with E-state index in [0.29, 0.717) is 12.3 Å². The molecule has 2 aromatic rings. The standard InChI is InChI=1S/C21H23NO4/c1-4-21(2,3)16-8-9-18-17(11-16)22(19(23)13-26-18)12-14-6-5-7-15(10-14)20(24)25/h5-11H,4,12-13H2,1-3H3,(H,24,25). The number of aromatic carboxylic acids is 1. The van der Waals surface area contributed by atoms with Gasteiger partial charge in [-0.15, -0.1) is 0 Å². The van der Waals surface area contributed by atoms with Gasteiger partial charge < -0.3 is 14.7 Å². The Morgan fingerprint density at radius 1 is 1.23 bits per heavy atom. The number of hydrogen-bond acceptors (Lipinski definition) is 3. The van der Waals surface area contributed by atoms with E-state index < -0.39 is 5.97 Å². The Morgan fingerprint density at radius 2 is 2.00 bits per heavy atom. The van der Waals surface area contributed by atoms with E-state index in [-0.39, 0.29) is 23.5 Å². The summed E-state index contributed by atoms with van der Waals surface area (Å²) in [5.74, 6) is -0.438. The number of ether oxygens (including phenoxy) is 1. The minimum atomic E-state index is -0.979. The molecule has 1 amide bonds. The number of rotatable bonds is 5. The molecule has 1 heterocycles. The van der Waals surface area contributed by atoms with Gasteiger partial charge in [0.1, 0.15) is 5.75 Å². The topological polar surface area (TPSA) is 66.8 Å². The Hall–Kier alpha value is -2.82. The second-order valence-corrected chi connectivity index (χ2v) is 7.19. The van der Waals surface area contributed by atoms with Crippen LogP contribution in [-0.2, 0) is 16.8 Å². The Labute approximate surface area is 153 Å². The van der Waals surface area contributed by atoms with E-state index in [1.165, 1.54) is 0 Å². The van der Waals surface area contributed by atoms with Gasteiger partial charge >= 0.3 is 5.97 Å². The normalized spacial score (nSPS) is 14.0. The van der Waals surface area contributed by atoms with Gasteiger partial charge in [-0.1, -0.05) is 39.0 Å². The number of carbonyl (C=O) groups is 2. The maximum Gasteiger partial charge on any atom is 0.335 e. The number of nitrogens with zero attached hydrogens (tertiary/aromatic N) is 1. The van der Waals surface area contributed by atoms with Gasteiger partial charge in [0.2, 0.25) is 0 Å². The zero-order chi connectivity index (χ0) is 18.9. The van der Waals surface area contributed by atoms with Crippen molar-refractivity contribution < 1.29 is 19.4 Å². The first-order valence-corrected chi connectivity index (χ1v) is 8.72. The third kappa shape index (κ3) is 3.43. The molecule has 0 spiro atoms. The maximum absolute atomic E-state index is 12.5. The van der Waals surface area contributed by atoms with E-state index in [1.807, 2.05) is 24.3 Å². The third-order valence-corrected chi connectivity index (χ3v) is 5.08. The Morgan fingerprint density at radius 3 is 2.69 bits per heavy atom. The van der Waals surface area contributed by atoms with Crippen LogP contribution in [0.2, 0.25) is 0 Å². The van der Waals surface area contributed by atoms with Gasteiger partial charge in [0.15, 0.2) is 6.61 Å². The summed E-state index contributed by atoms with van der Waals surface area (Å²) >= 11 is 0. The Bertz CT molecular complexity index is 857. The van der Waals surface area contributed by atoms with Crippen molar-refractivity contribution >= 4 is 17.6 Å². The van der Waals surface area contributed by atoms with E-state index in [2.05, 4.69) is 20.8 Å². The second-order valence-electron chi connectivity index (χ2n) is 7.19. The molecule has 0 fully saturated rings. The van der Waals surface area contributed by atoms with Crippen LogP contribution >= 0.6 is 0 Å². The molecule has 0 aromatic heterocycles. The predicted molar refractivity (Wildman–Crippen MR) is 99.8 cm³/mol. The highest BCUT2D eigenvalue weighted by Gasteiger charge is 2.28. The zero-order valence-electron chi connectivity index (χ0n) is 15.3. The molecule has 3 rings (SSSR count). The average Bonchev–Trinajstić information content (AvgIpc) is 2.64. The monoisotopic (exact) mass is 353 g/mol. The summed E-state index contributed by atoms with van der Waals surface area (Å²) < 4.78 is 5.58. The minimum Gasteiger partial charge on any atom is -0.482 e. The van der Waals surface area contributed by atoms with Gasteiger partial charge in [0, 0.05) is 0 Å². The van der Waals surface area contributed by atoms with Crippen molar-refractivity contribution in [3.05, 3.63) is 59.2 Å². The molecule has 1 aliphatic rings. The first kappa shape index (κ1) is 18.0. The molecular formula is C21H23NO4. The van der Waals surface area contributed by atoms with Gasteiger partial charge in [0.25, 0.3) is 5.91 Å². The number of carboxylic acids is 1. The highest BCUT2D eigenvalue weighted by Crippen LogP contribution is 2.38. The molecule has 5 heteroatoms. The van der Waals surface area contributed by atoms with Crippen LogP contribution in [0, 0.1) is 0 Å². The third-order valence-electron chi connectivity index (χ3n) is 5.08. The van der Waals surface area contributed by atoms with E-state index >= 15 is 0 Å². The average molecular weight is 353 g/mol. The lowest BCUT2D eigenvalue weighted by Crippen LogP contribution is -2.38. The number of carboxylic acid groups (broad SMARTS) is 1. The van der Waals surface area contributed by atoms with Crippen LogP contribution in [0.4, 0.5) is 5.69 Å². The Kier molecular flexibility index (Phi) is 4.72. The number of carbonyl (C=O) groups excluding carboxylic acids is 1. The summed E-state index contributed by atoms with van der Waals surface area (Å²) in [5.41, 5.74) is 2.85. The fourth-order valence-corrected chi connectivity index (χ4v) is 2.99. The first-order chi connectivity index (χ1) is 12.3. The molecule has 1 N–H and O–H groups in total. The van der Waals surface area contributed by atoms with E-state index in [1.54, 1.807) is 23.1 Å². The van der Waals surface area contributed by atoms with Gasteiger partial charge in [-0.3, -0.25) is 4.79 Å². The molecule has 26 heavy (non-hydrogen) atoms. The summed E-state index contributed by atoms with van der Waals surface area (Å²) in [6, 6.07) is 12.6. The van der Waals surface area contributed by atoms with Crippen LogP contribution in [0.5, 0.6) is 5.75 Å². The lowest BCUT2D eigenvalue weighted by atomic mass is 9.82. The first-order valence-electron chi connectivity index (χ1n) is 8.72. The van der Waals surface area contributed by atoms with Crippen molar-refractivity contribution in [2.45, 2.75) is 39.2 Å². The lowest BCUT2D eigenvalue weighted by Gasteiger charge is -2.32. The molecule has 0 bridgehead atoms. The van der Waals surface area contributed by atoms with Gasteiger partial charge in [-0.25, -0.2) is 4.79 Å². The van der Waals surface area contributed by atoms with Crippen molar-refractivity contribution in [2.75, 3.05) is 11.5 Å². The summed E-state index contributed by atoms with van der Waals surface area (Å²) in [6.07, 6.45) is 0.973. The molecule has 0 saturated heterocycles. The molecule has 0 unspecified atom stereocenters. The second kappa shape index (κ2) is 6.83. The van der Waals surface area contributed by atoms with Crippen LogP contribution in [0.1, 0.15) is 48.7 Å². The summed E-state index contributed by atoms with van der Waals surface area (Å²) in [6.45, 7) is 6.77. The summed E-state index contributed by atoms with van der Waals surface area (Å²) in [4.78, 5) is 25.4. The van der Waals surface area contributed by atoms with Crippen molar-refractivity contribution in [3.63, 3.8) is 0 Å². The lowest BCUT2D eigenvalue weighted by molar-refractivity contribution is -0.121. The zero-order valence-corrected chi connectivity index (χ0v) is 15.3. The smallest absolute Gasteiger partial charge is 0.335 e. The highest BCUT2D eigenvalue weighted by molar-refractivity contribution is 5.98. The van der Waals surface area contributed by atoms with Crippen molar-refractivity contribution in [1.82, 2.24) is 0 Å². The Balaban J connectivity index is 1.98. The molecule has 1 aliphatic heterocycles. The van der Waals surface area contributed by atoms with Crippen molar-refractivity contribution in [3.8, 4) is 5.75 Å². The number of hydrogen-bond donors (Lipinski definition) is 1. The molecule has 0 saturated carbocycles. The van der Waals surface area contributed by atoms with Crippen LogP contribution < -0.4 is 9.64 Å². The maximum atomic E-state index is 12.5. The van der Waals surface area contributed by atoms with E-state index in [0.717, 1.165) is 23.2 Å². The predicted octanol–water partition coefficient (Wildman–Crippen LogP) is 4.00. The van der Waals surface area contributed by atoms with Gasteiger partial charge in [-0.2, -0.15) is 0 Å². The SMILES string of the molecule is CCC(C)(C)c1ccc2c(c1)N(Cc1cccc(C(=O)O)c1)C(=O)CO2. The number of anilines is 1. The minimum absolute atomic E-state index is 0.00951. The molecule has 2 aromatic carbocycles. The number of amides is 1. The number of benzene rings is 2. The quantitative estimate of drug-likeness (QED) is 0.882.